The number of ether oxygens (including phenoxy) is 1. The number of imidazole rings is 1. The fraction of sp³-hybridized carbons (Fsp3) is 0.625. The Hall–Kier alpha value is -0.870. The highest BCUT2D eigenvalue weighted by molar-refractivity contribution is 4.77. The van der Waals surface area contributed by atoms with Crippen LogP contribution in [0.4, 0.5) is 0 Å². The Bertz CT molecular complexity index is 198. The first-order chi connectivity index (χ1) is 5.86. The number of hydrogen-bond donors (Lipinski definition) is 1. The van der Waals surface area contributed by atoms with Gasteiger partial charge in [0.2, 0.25) is 0 Å². The Morgan fingerprint density at radius 2 is 2.50 bits per heavy atom. The molecule has 4 nitrogen and oxygen atoms in total. The largest absolute Gasteiger partial charge is 0.383 e. The van der Waals surface area contributed by atoms with Crippen molar-refractivity contribution in [1.82, 2.24) is 14.9 Å². The van der Waals surface area contributed by atoms with E-state index in [0.717, 1.165) is 6.54 Å². The number of nitrogens with zero attached hydrogens (tertiary/aromatic N) is 2. The van der Waals surface area contributed by atoms with Crippen LogP contribution in [0.25, 0.3) is 0 Å². The zero-order valence-corrected chi connectivity index (χ0v) is 7.53. The summed E-state index contributed by atoms with van der Waals surface area (Å²) in [5, 5.41) is 3.17. The van der Waals surface area contributed by atoms with Gasteiger partial charge in [0.1, 0.15) is 0 Å². The molecule has 1 aromatic heterocycles. The lowest BCUT2D eigenvalue weighted by molar-refractivity contribution is 0.162. The molecule has 0 saturated carbocycles. The maximum Gasteiger partial charge on any atom is 0.0946 e. The van der Waals surface area contributed by atoms with E-state index in [1.807, 2.05) is 17.8 Å². The SMILES string of the molecule is CNC(COC)Cn1ccnc1. The van der Waals surface area contributed by atoms with Crippen LogP contribution in [0.5, 0.6) is 0 Å². The van der Waals surface area contributed by atoms with Crippen molar-refractivity contribution in [2.24, 2.45) is 0 Å². The van der Waals surface area contributed by atoms with E-state index in [-0.39, 0.29) is 0 Å². The van der Waals surface area contributed by atoms with Crippen LogP contribution in [0.1, 0.15) is 0 Å². The maximum atomic E-state index is 5.05. The molecule has 0 aliphatic rings. The molecule has 0 saturated heterocycles. The van der Waals surface area contributed by atoms with Gasteiger partial charge in [-0.15, -0.1) is 0 Å². The Labute approximate surface area is 72.6 Å². The van der Waals surface area contributed by atoms with Gasteiger partial charge >= 0.3 is 0 Å². The summed E-state index contributed by atoms with van der Waals surface area (Å²) in [6.45, 7) is 1.61. The predicted molar refractivity (Wildman–Crippen MR) is 47.0 cm³/mol. The molecule has 0 aromatic carbocycles. The van der Waals surface area contributed by atoms with E-state index in [4.69, 9.17) is 4.74 Å². The van der Waals surface area contributed by atoms with Crippen molar-refractivity contribution in [2.45, 2.75) is 12.6 Å². The highest BCUT2D eigenvalue weighted by Crippen LogP contribution is 1.92. The fourth-order valence-corrected chi connectivity index (χ4v) is 1.08. The van der Waals surface area contributed by atoms with Crippen molar-refractivity contribution in [3.8, 4) is 0 Å². The van der Waals surface area contributed by atoms with E-state index in [1.165, 1.54) is 0 Å². The summed E-state index contributed by atoms with van der Waals surface area (Å²) in [5.41, 5.74) is 0. The molecular formula is C8H15N3O. The van der Waals surface area contributed by atoms with Crippen LogP contribution in [0.2, 0.25) is 0 Å². The molecule has 1 rings (SSSR count). The van der Waals surface area contributed by atoms with E-state index in [1.54, 1.807) is 19.6 Å². The van der Waals surface area contributed by atoms with Crippen molar-refractivity contribution in [1.29, 1.82) is 0 Å². The normalized spacial score (nSPS) is 13.2. The molecule has 1 atom stereocenters. The average molecular weight is 169 g/mol. The molecule has 4 heteroatoms. The third kappa shape index (κ3) is 2.64. The minimum absolute atomic E-state index is 0.351. The summed E-state index contributed by atoms with van der Waals surface area (Å²) < 4.78 is 7.08. The molecule has 0 amide bonds. The minimum atomic E-state index is 0.351. The lowest BCUT2D eigenvalue weighted by Gasteiger charge is -2.14. The van der Waals surface area contributed by atoms with Gasteiger partial charge < -0.3 is 14.6 Å². The third-order valence-electron chi connectivity index (χ3n) is 1.77. The van der Waals surface area contributed by atoms with Crippen LogP contribution in [-0.4, -0.2) is 36.4 Å². The molecule has 1 aromatic rings. The van der Waals surface area contributed by atoms with Crippen molar-refractivity contribution in [2.75, 3.05) is 20.8 Å². The van der Waals surface area contributed by atoms with Crippen LogP contribution >= 0.6 is 0 Å². The van der Waals surface area contributed by atoms with Gasteiger partial charge in [-0.05, 0) is 7.05 Å². The van der Waals surface area contributed by atoms with Gasteiger partial charge in [0.15, 0.2) is 0 Å². The minimum Gasteiger partial charge on any atom is -0.383 e. The van der Waals surface area contributed by atoms with E-state index >= 15 is 0 Å². The molecule has 0 fully saturated rings. The lowest BCUT2D eigenvalue weighted by Crippen LogP contribution is -2.33. The summed E-state index contributed by atoms with van der Waals surface area (Å²) in [6.07, 6.45) is 5.53. The molecule has 1 heterocycles. The fourth-order valence-electron chi connectivity index (χ4n) is 1.08. The number of hydrogen-bond acceptors (Lipinski definition) is 3. The summed E-state index contributed by atoms with van der Waals surface area (Å²) in [6, 6.07) is 0.351. The van der Waals surface area contributed by atoms with Crippen LogP contribution in [-0.2, 0) is 11.3 Å². The van der Waals surface area contributed by atoms with Gasteiger partial charge in [0, 0.05) is 32.1 Å². The first kappa shape index (κ1) is 9.22. The molecule has 1 N–H and O–H groups in total. The number of nitrogens with one attached hydrogen (secondary N) is 1. The van der Waals surface area contributed by atoms with Crippen LogP contribution < -0.4 is 5.32 Å². The Morgan fingerprint density at radius 1 is 1.67 bits per heavy atom. The second kappa shape index (κ2) is 4.90. The van der Waals surface area contributed by atoms with Crippen molar-refractivity contribution in [3.05, 3.63) is 18.7 Å². The van der Waals surface area contributed by atoms with Crippen LogP contribution in [0.15, 0.2) is 18.7 Å². The Balaban J connectivity index is 2.37. The summed E-state index contributed by atoms with van der Waals surface area (Å²) in [4.78, 5) is 3.96. The Morgan fingerprint density at radius 3 is 3.00 bits per heavy atom. The van der Waals surface area contributed by atoms with Gasteiger partial charge in [-0.25, -0.2) is 4.98 Å². The summed E-state index contributed by atoms with van der Waals surface area (Å²) in [7, 11) is 3.64. The van der Waals surface area contributed by atoms with Crippen LogP contribution in [0.3, 0.4) is 0 Å². The number of likely N-dealkylation sites (N-methyl/N-ethyl adjacent to an activating group) is 1. The average Bonchev–Trinajstić information content (AvgIpc) is 2.56. The second-order valence-electron chi connectivity index (χ2n) is 2.70. The van der Waals surface area contributed by atoms with Gasteiger partial charge in [-0.2, -0.15) is 0 Å². The number of aromatic nitrogens is 2. The quantitative estimate of drug-likeness (QED) is 0.680. The van der Waals surface area contributed by atoms with E-state index in [9.17, 15) is 0 Å². The molecule has 0 radical (unpaired) electrons. The lowest BCUT2D eigenvalue weighted by atomic mass is 10.3. The molecule has 0 aliphatic carbocycles. The molecule has 0 aliphatic heterocycles. The summed E-state index contributed by atoms with van der Waals surface area (Å²) in [5.74, 6) is 0. The molecule has 12 heavy (non-hydrogen) atoms. The zero-order valence-electron chi connectivity index (χ0n) is 7.53. The van der Waals surface area contributed by atoms with E-state index in [2.05, 4.69) is 10.3 Å². The number of rotatable bonds is 5. The highest BCUT2D eigenvalue weighted by Gasteiger charge is 2.04. The van der Waals surface area contributed by atoms with E-state index < -0.39 is 0 Å². The zero-order chi connectivity index (χ0) is 8.81. The van der Waals surface area contributed by atoms with Gasteiger partial charge in [0.05, 0.1) is 12.9 Å². The molecule has 0 bridgehead atoms. The van der Waals surface area contributed by atoms with Gasteiger partial charge in [-0.1, -0.05) is 0 Å². The highest BCUT2D eigenvalue weighted by atomic mass is 16.5. The van der Waals surface area contributed by atoms with Crippen molar-refractivity contribution < 1.29 is 4.74 Å². The topological polar surface area (TPSA) is 39.1 Å². The Kier molecular flexibility index (Phi) is 3.76. The summed E-state index contributed by atoms with van der Waals surface area (Å²) >= 11 is 0. The third-order valence-corrected chi connectivity index (χ3v) is 1.77. The smallest absolute Gasteiger partial charge is 0.0946 e. The number of methoxy groups -OCH3 is 1. The molecule has 68 valence electrons. The molecule has 0 spiro atoms. The van der Waals surface area contributed by atoms with Gasteiger partial charge in [0.25, 0.3) is 0 Å². The monoisotopic (exact) mass is 169 g/mol. The standard InChI is InChI=1S/C8H15N3O/c1-9-8(6-12-2)5-11-4-3-10-7-11/h3-4,7-9H,5-6H2,1-2H3. The van der Waals surface area contributed by atoms with E-state index in [0.29, 0.717) is 12.6 Å². The molecule has 1 unspecified atom stereocenters. The molecular weight excluding hydrogens is 154 g/mol. The first-order valence-electron chi connectivity index (χ1n) is 3.98. The predicted octanol–water partition coefficient (Wildman–Crippen LogP) is 0.117. The second-order valence-corrected chi connectivity index (χ2v) is 2.70. The van der Waals surface area contributed by atoms with Crippen molar-refractivity contribution >= 4 is 0 Å². The maximum absolute atomic E-state index is 5.05. The first-order valence-corrected chi connectivity index (χ1v) is 3.98. The van der Waals surface area contributed by atoms with Crippen molar-refractivity contribution in [3.63, 3.8) is 0 Å². The van der Waals surface area contributed by atoms with Crippen LogP contribution in [0, 0.1) is 0 Å². The van der Waals surface area contributed by atoms with Gasteiger partial charge in [-0.3, -0.25) is 0 Å².